The molecule has 0 aliphatic rings. The van der Waals surface area contributed by atoms with E-state index in [-0.39, 0.29) is 17.9 Å². The molecule has 2 rings (SSSR count). The van der Waals surface area contributed by atoms with Gasteiger partial charge >= 0.3 is 0 Å². The first kappa shape index (κ1) is 21.6. The van der Waals surface area contributed by atoms with Crippen molar-refractivity contribution in [2.75, 3.05) is 0 Å². The Balaban J connectivity index is 2.60. The average molecular weight is 388 g/mol. The van der Waals surface area contributed by atoms with E-state index in [0.717, 1.165) is 16.7 Å². The minimum absolute atomic E-state index is 0.125. The Bertz CT molecular complexity index is 840. The van der Waals surface area contributed by atoms with Crippen molar-refractivity contribution in [1.82, 2.24) is 4.72 Å². The van der Waals surface area contributed by atoms with Crippen molar-refractivity contribution in [3.63, 3.8) is 0 Å². The monoisotopic (exact) mass is 387 g/mol. The van der Waals surface area contributed by atoms with E-state index in [4.69, 9.17) is 0 Å². The molecule has 0 unspecified atom stereocenters. The van der Waals surface area contributed by atoms with Crippen molar-refractivity contribution in [3.05, 3.63) is 64.7 Å². The van der Waals surface area contributed by atoms with Gasteiger partial charge in [0.05, 0.1) is 4.90 Å². The van der Waals surface area contributed by atoms with Crippen molar-refractivity contribution in [2.24, 2.45) is 0 Å². The van der Waals surface area contributed by atoms with Crippen LogP contribution in [0.4, 0.5) is 0 Å². The summed E-state index contributed by atoms with van der Waals surface area (Å²) in [6, 6.07) is 13.5. The highest BCUT2D eigenvalue weighted by atomic mass is 32.2. The summed E-state index contributed by atoms with van der Waals surface area (Å²) in [4.78, 5) is 0.458. The second-order valence-corrected chi connectivity index (χ2v) is 9.90. The van der Waals surface area contributed by atoms with Gasteiger partial charge in [-0.2, -0.15) is 0 Å². The van der Waals surface area contributed by atoms with Crippen LogP contribution in [0.5, 0.6) is 0 Å². The Morgan fingerprint density at radius 1 is 0.704 bits per heavy atom. The molecular formula is C23H33NO2S. The zero-order chi connectivity index (χ0) is 20.4. The summed E-state index contributed by atoms with van der Waals surface area (Å²) in [6.07, 6.45) is 0. The summed E-state index contributed by atoms with van der Waals surface area (Å²) in [5, 5.41) is 0. The number of nitrogens with one attached hydrogen (secondary N) is 1. The molecule has 0 radical (unpaired) electrons. The fourth-order valence-electron chi connectivity index (χ4n) is 3.30. The Hall–Kier alpha value is -1.65. The van der Waals surface area contributed by atoms with Crippen molar-refractivity contribution in [3.8, 4) is 0 Å². The fraction of sp³-hybridized carbons (Fsp3) is 0.478. The zero-order valence-corrected chi connectivity index (χ0v) is 18.4. The van der Waals surface area contributed by atoms with Crippen LogP contribution in [0.15, 0.2) is 47.4 Å². The van der Waals surface area contributed by atoms with Gasteiger partial charge in [-0.15, -0.1) is 0 Å². The predicted molar refractivity (Wildman–Crippen MR) is 114 cm³/mol. The summed E-state index contributed by atoms with van der Waals surface area (Å²) in [5.74, 6) is 0.604. The molecule has 0 bridgehead atoms. The van der Waals surface area contributed by atoms with Crippen LogP contribution >= 0.6 is 0 Å². The van der Waals surface area contributed by atoms with Crippen LogP contribution in [0.3, 0.4) is 0 Å². The van der Waals surface area contributed by atoms with Gasteiger partial charge in [-0.05, 0) is 46.9 Å². The zero-order valence-electron chi connectivity index (χ0n) is 17.6. The van der Waals surface area contributed by atoms with Crippen LogP contribution in [-0.4, -0.2) is 8.42 Å². The lowest BCUT2D eigenvalue weighted by Crippen LogP contribution is -2.29. The first-order chi connectivity index (χ1) is 12.5. The van der Waals surface area contributed by atoms with E-state index < -0.39 is 10.0 Å². The fourth-order valence-corrected chi connectivity index (χ4v) is 5.23. The molecule has 2 aromatic rings. The molecule has 148 valence electrons. The summed E-state index contributed by atoms with van der Waals surface area (Å²) in [6.45, 7) is 14.4. The summed E-state index contributed by atoms with van der Waals surface area (Å²) >= 11 is 0. The molecule has 0 spiro atoms. The molecule has 0 aromatic heterocycles. The van der Waals surface area contributed by atoms with Crippen molar-refractivity contribution in [2.45, 2.75) is 77.2 Å². The maximum absolute atomic E-state index is 13.4. The maximum atomic E-state index is 13.4. The van der Waals surface area contributed by atoms with Crippen molar-refractivity contribution >= 4 is 10.0 Å². The van der Waals surface area contributed by atoms with E-state index in [1.165, 1.54) is 5.56 Å². The van der Waals surface area contributed by atoms with E-state index in [1.807, 2.05) is 37.3 Å². The molecule has 1 N–H and O–H groups in total. The Morgan fingerprint density at radius 3 is 1.59 bits per heavy atom. The molecule has 2 aromatic carbocycles. The topological polar surface area (TPSA) is 46.2 Å². The summed E-state index contributed by atoms with van der Waals surface area (Å²) in [5.41, 5.74) is 3.95. The smallest absolute Gasteiger partial charge is 0.207 e. The van der Waals surface area contributed by atoms with E-state index in [9.17, 15) is 8.42 Å². The first-order valence-corrected chi connectivity index (χ1v) is 11.3. The van der Waals surface area contributed by atoms with Gasteiger partial charge in [-0.3, -0.25) is 0 Å². The molecule has 0 amide bonds. The lowest BCUT2D eigenvalue weighted by molar-refractivity contribution is 0.562. The van der Waals surface area contributed by atoms with E-state index in [1.54, 1.807) is 0 Å². The molecule has 27 heavy (non-hydrogen) atoms. The molecule has 0 saturated carbocycles. The van der Waals surface area contributed by atoms with Crippen LogP contribution < -0.4 is 4.72 Å². The highest BCUT2D eigenvalue weighted by Gasteiger charge is 2.28. The largest absolute Gasteiger partial charge is 0.241 e. The van der Waals surface area contributed by atoms with Gasteiger partial charge in [0, 0.05) is 6.04 Å². The van der Waals surface area contributed by atoms with E-state index >= 15 is 0 Å². The highest BCUT2D eigenvalue weighted by molar-refractivity contribution is 7.89. The Labute approximate surface area is 165 Å². The molecule has 1 atom stereocenters. The third-order valence-corrected chi connectivity index (χ3v) is 6.65. The van der Waals surface area contributed by atoms with Crippen molar-refractivity contribution in [1.29, 1.82) is 0 Å². The number of sulfonamides is 1. The second-order valence-electron chi connectivity index (χ2n) is 8.25. The number of rotatable bonds is 7. The van der Waals surface area contributed by atoms with Gasteiger partial charge < -0.3 is 0 Å². The molecule has 0 aliphatic carbocycles. The Kier molecular flexibility index (Phi) is 6.87. The minimum Gasteiger partial charge on any atom is -0.207 e. The van der Waals surface area contributed by atoms with Gasteiger partial charge in [-0.1, -0.05) is 84.0 Å². The van der Waals surface area contributed by atoms with Crippen LogP contribution in [-0.2, 0) is 10.0 Å². The first-order valence-electron chi connectivity index (χ1n) is 9.79. The summed E-state index contributed by atoms with van der Waals surface area (Å²) in [7, 11) is -3.65. The SMILES string of the molecule is CC(C)c1cc(C(C)C)c(S(=O)(=O)N[C@@H](C)c2ccccc2)c(C(C)C)c1. The quantitative estimate of drug-likeness (QED) is 0.624. The van der Waals surface area contributed by atoms with E-state index in [0.29, 0.717) is 10.8 Å². The van der Waals surface area contributed by atoms with Crippen LogP contribution in [0, 0.1) is 0 Å². The average Bonchev–Trinajstić information content (AvgIpc) is 2.60. The van der Waals surface area contributed by atoms with Gasteiger partial charge in [0.2, 0.25) is 10.0 Å². The van der Waals surface area contributed by atoms with Gasteiger partial charge in [0.25, 0.3) is 0 Å². The molecule has 0 fully saturated rings. The summed E-state index contributed by atoms with van der Waals surface area (Å²) < 4.78 is 29.8. The second kappa shape index (κ2) is 8.57. The number of benzene rings is 2. The van der Waals surface area contributed by atoms with Gasteiger partial charge in [-0.25, -0.2) is 13.1 Å². The molecule has 0 saturated heterocycles. The highest BCUT2D eigenvalue weighted by Crippen LogP contribution is 2.35. The normalized spacial score (nSPS) is 13.6. The van der Waals surface area contributed by atoms with Crippen LogP contribution in [0.1, 0.15) is 94.5 Å². The molecule has 0 heterocycles. The molecule has 4 heteroatoms. The number of hydrogen-bond acceptors (Lipinski definition) is 2. The van der Waals surface area contributed by atoms with Gasteiger partial charge in [0.15, 0.2) is 0 Å². The lowest BCUT2D eigenvalue weighted by atomic mass is 9.89. The third kappa shape index (κ3) is 4.99. The van der Waals surface area contributed by atoms with Crippen LogP contribution in [0.2, 0.25) is 0 Å². The van der Waals surface area contributed by atoms with Gasteiger partial charge in [0.1, 0.15) is 0 Å². The standard InChI is InChI=1S/C23H33NO2S/c1-15(2)20-13-21(16(3)4)23(22(14-20)17(5)6)27(25,26)24-18(7)19-11-9-8-10-12-19/h8-18,24H,1-7H3/t18-/m0/s1. The lowest BCUT2D eigenvalue weighted by Gasteiger charge is -2.24. The van der Waals surface area contributed by atoms with E-state index in [2.05, 4.69) is 58.4 Å². The number of hydrogen-bond donors (Lipinski definition) is 1. The predicted octanol–water partition coefficient (Wildman–Crippen LogP) is 6.10. The molecular weight excluding hydrogens is 354 g/mol. The Morgan fingerprint density at radius 2 is 1.19 bits per heavy atom. The minimum atomic E-state index is -3.65. The third-order valence-electron chi connectivity index (χ3n) is 4.98. The van der Waals surface area contributed by atoms with Crippen LogP contribution in [0.25, 0.3) is 0 Å². The molecule has 0 aliphatic heterocycles. The maximum Gasteiger partial charge on any atom is 0.241 e. The van der Waals surface area contributed by atoms with Crippen molar-refractivity contribution < 1.29 is 8.42 Å². The molecule has 3 nitrogen and oxygen atoms in total.